The average molecular weight is 392 g/mol. The van der Waals surface area contributed by atoms with Gasteiger partial charge in [0.15, 0.2) is 0 Å². The summed E-state index contributed by atoms with van der Waals surface area (Å²) in [5, 5.41) is 10.3. The van der Waals surface area contributed by atoms with Gasteiger partial charge in [0.2, 0.25) is 0 Å². The van der Waals surface area contributed by atoms with Crippen LogP contribution >= 0.6 is 12.4 Å². The minimum Gasteiger partial charge on any atom is -0.491 e. The Hall–Kier alpha value is -1.82. The number of aromatic nitrogens is 1. The van der Waals surface area contributed by atoms with Gasteiger partial charge >= 0.3 is 0 Å². The molecule has 27 heavy (non-hydrogen) atoms. The zero-order valence-electron chi connectivity index (χ0n) is 16.0. The summed E-state index contributed by atoms with van der Waals surface area (Å²) in [7, 11) is 0. The Balaban J connectivity index is 0.00000261. The van der Waals surface area contributed by atoms with E-state index in [0.29, 0.717) is 13.2 Å². The van der Waals surface area contributed by atoms with E-state index < -0.39 is 6.10 Å². The van der Waals surface area contributed by atoms with E-state index in [2.05, 4.69) is 33.8 Å². The number of halogens is 1. The molecule has 1 aromatic heterocycles. The van der Waals surface area contributed by atoms with E-state index in [4.69, 9.17) is 4.74 Å². The van der Waals surface area contributed by atoms with E-state index in [1.807, 2.05) is 36.5 Å². The normalized spacial score (nSPS) is 15.9. The number of aliphatic hydroxyl groups excluding tert-OH is 1. The molecule has 5 nitrogen and oxygen atoms in total. The first-order valence-electron chi connectivity index (χ1n) is 9.52. The van der Waals surface area contributed by atoms with Crippen LogP contribution in [0.5, 0.6) is 5.75 Å². The van der Waals surface area contributed by atoms with Crippen LogP contribution in [-0.4, -0.2) is 60.4 Å². The molecular formula is C21H30ClN3O2. The van der Waals surface area contributed by atoms with Crippen molar-refractivity contribution >= 4 is 18.2 Å². The number of rotatable bonds is 8. The number of benzene rings is 1. The van der Waals surface area contributed by atoms with E-state index in [9.17, 15) is 5.11 Å². The minimum atomic E-state index is -0.480. The number of pyridine rings is 1. The Kier molecular flexibility index (Phi) is 8.85. The number of hydrogen-bond acceptors (Lipinski definition) is 5. The van der Waals surface area contributed by atoms with Crippen LogP contribution in [0.15, 0.2) is 48.7 Å². The maximum absolute atomic E-state index is 10.3. The Morgan fingerprint density at radius 1 is 1.07 bits per heavy atom. The number of anilines is 1. The van der Waals surface area contributed by atoms with Gasteiger partial charge in [0.25, 0.3) is 0 Å². The van der Waals surface area contributed by atoms with Crippen LogP contribution in [0.4, 0.5) is 5.82 Å². The SMILES string of the molecule is CCCc1ccc(OCC(O)CN2CCN(c3ccccn3)CC2)cc1.Cl. The van der Waals surface area contributed by atoms with Crippen LogP contribution in [0.25, 0.3) is 0 Å². The highest BCUT2D eigenvalue weighted by atomic mass is 35.5. The van der Waals surface area contributed by atoms with Crippen LogP contribution in [0, 0.1) is 0 Å². The van der Waals surface area contributed by atoms with Crippen molar-refractivity contribution in [3.8, 4) is 5.75 Å². The van der Waals surface area contributed by atoms with Crippen molar-refractivity contribution in [1.29, 1.82) is 0 Å². The summed E-state index contributed by atoms with van der Waals surface area (Å²) in [6.07, 6.45) is 3.59. The largest absolute Gasteiger partial charge is 0.491 e. The van der Waals surface area contributed by atoms with Crippen LogP contribution in [0.3, 0.4) is 0 Å². The first-order valence-corrected chi connectivity index (χ1v) is 9.52. The highest BCUT2D eigenvalue weighted by molar-refractivity contribution is 5.85. The molecule has 1 saturated heterocycles. The van der Waals surface area contributed by atoms with Crippen LogP contribution in [-0.2, 0) is 6.42 Å². The van der Waals surface area contributed by atoms with E-state index in [1.165, 1.54) is 5.56 Å². The summed E-state index contributed by atoms with van der Waals surface area (Å²) >= 11 is 0. The molecule has 1 aromatic carbocycles. The molecule has 0 radical (unpaired) electrons. The quantitative estimate of drug-likeness (QED) is 0.749. The van der Waals surface area contributed by atoms with Crippen LogP contribution in [0.1, 0.15) is 18.9 Å². The Bertz CT molecular complexity index is 646. The molecule has 3 rings (SSSR count). The lowest BCUT2D eigenvalue weighted by molar-refractivity contribution is 0.0662. The number of piperazine rings is 1. The fraction of sp³-hybridized carbons (Fsp3) is 0.476. The van der Waals surface area contributed by atoms with Gasteiger partial charge in [-0.25, -0.2) is 4.98 Å². The summed E-state index contributed by atoms with van der Waals surface area (Å²) in [4.78, 5) is 8.99. The van der Waals surface area contributed by atoms with Crippen molar-refractivity contribution in [1.82, 2.24) is 9.88 Å². The third-order valence-electron chi connectivity index (χ3n) is 4.72. The van der Waals surface area contributed by atoms with E-state index in [-0.39, 0.29) is 12.4 Å². The zero-order chi connectivity index (χ0) is 18.2. The van der Waals surface area contributed by atoms with Gasteiger partial charge in [0.05, 0.1) is 0 Å². The highest BCUT2D eigenvalue weighted by Crippen LogP contribution is 2.15. The molecule has 0 amide bonds. The van der Waals surface area contributed by atoms with Gasteiger partial charge in [-0.2, -0.15) is 0 Å². The van der Waals surface area contributed by atoms with Crippen molar-refractivity contribution in [2.24, 2.45) is 0 Å². The summed E-state index contributed by atoms with van der Waals surface area (Å²) in [6, 6.07) is 14.2. The lowest BCUT2D eigenvalue weighted by Crippen LogP contribution is -2.49. The molecular weight excluding hydrogens is 362 g/mol. The van der Waals surface area contributed by atoms with E-state index in [0.717, 1.165) is 50.6 Å². The number of aliphatic hydroxyl groups is 1. The third-order valence-corrected chi connectivity index (χ3v) is 4.72. The molecule has 6 heteroatoms. The van der Waals surface area contributed by atoms with Gasteiger partial charge < -0.3 is 14.7 Å². The van der Waals surface area contributed by atoms with Gasteiger partial charge in [-0.1, -0.05) is 31.5 Å². The van der Waals surface area contributed by atoms with Crippen LogP contribution < -0.4 is 9.64 Å². The first-order chi connectivity index (χ1) is 12.7. The smallest absolute Gasteiger partial charge is 0.128 e. The van der Waals surface area contributed by atoms with Crippen LogP contribution in [0.2, 0.25) is 0 Å². The Morgan fingerprint density at radius 3 is 2.44 bits per heavy atom. The number of aryl methyl sites for hydroxylation is 1. The molecule has 0 saturated carbocycles. The Morgan fingerprint density at radius 2 is 1.81 bits per heavy atom. The molecule has 1 aliphatic heterocycles. The number of nitrogens with zero attached hydrogens (tertiary/aromatic N) is 3. The predicted octanol–water partition coefficient (Wildman–Crippen LogP) is 3.02. The van der Waals surface area contributed by atoms with E-state index >= 15 is 0 Å². The average Bonchev–Trinajstić information content (AvgIpc) is 2.69. The maximum atomic E-state index is 10.3. The molecule has 0 spiro atoms. The molecule has 1 N–H and O–H groups in total. The molecule has 148 valence electrons. The lowest BCUT2D eigenvalue weighted by Gasteiger charge is -2.36. The number of β-amino-alcohol motifs (C(OH)–C–C–N with tert-alkyl or cyclic N) is 1. The van der Waals surface area contributed by atoms with Crippen molar-refractivity contribution in [3.05, 3.63) is 54.2 Å². The second kappa shape index (κ2) is 11.1. The van der Waals surface area contributed by atoms with Gasteiger partial charge in [0, 0.05) is 38.9 Å². The van der Waals surface area contributed by atoms with E-state index in [1.54, 1.807) is 0 Å². The second-order valence-corrected chi connectivity index (χ2v) is 6.83. The number of ether oxygens (including phenoxy) is 1. The van der Waals surface area contributed by atoms with Gasteiger partial charge in [-0.05, 0) is 36.2 Å². The standard InChI is InChI=1S/C21H29N3O2.ClH/c1-2-5-18-7-9-20(10-8-18)26-17-19(25)16-23-12-14-24(15-13-23)21-6-3-4-11-22-21;/h3-4,6-11,19,25H,2,5,12-17H2,1H3;1H. The van der Waals surface area contributed by atoms with Crippen molar-refractivity contribution in [2.75, 3.05) is 44.2 Å². The van der Waals surface area contributed by atoms with Gasteiger partial charge in [0.1, 0.15) is 24.3 Å². The van der Waals surface area contributed by atoms with Gasteiger partial charge in [-0.3, -0.25) is 4.90 Å². The summed E-state index contributed by atoms with van der Waals surface area (Å²) in [5.41, 5.74) is 1.33. The summed E-state index contributed by atoms with van der Waals surface area (Å²) < 4.78 is 5.74. The number of hydrogen-bond donors (Lipinski definition) is 1. The molecule has 2 aromatic rings. The molecule has 1 fully saturated rings. The molecule has 2 heterocycles. The first kappa shape index (κ1) is 21.5. The molecule has 0 bridgehead atoms. The van der Waals surface area contributed by atoms with Crippen molar-refractivity contribution < 1.29 is 9.84 Å². The Labute approximate surface area is 168 Å². The predicted molar refractivity (Wildman–Crippen MR) is 112 cm³/mol. The third kappa shape index (κ3) is 6.69. The fourth-order valence-electron chi connectivity index (χ4n) is 3.28. The molecule has 1 atom stereocenters. The summed E-state index contributed by atoms with van der Waals surface area (Å²) in [5.74, 6) is 1.85. The van der Waals surface area contributed by atoms with Crippen molar-refractivity contribution in [3.63, 3.8) is 0 Å². The fourth-order valence-corrected chi connectivity index (χ4v) is 3.28. The second-order valence-electron chi connectivity index (χ2n) is 6.83. The van der Waals surface area contributed by atoms with Gasteiger partial charge in [-0.15, -0.1) is 12.4 Å². The minimum absolute atomic E-state index is 0. The maximum Gasteiger partial charge on any atom is 0.128 e. The monoisotopic (exact) mass is 391 g/mol. The zero-order valence-corrected chi connectivity index (χ0v) is 16.8. The molecule has 1 aliphatic rings. The highest BCUT2D eigenvalue weighted by Gasteiger charge is 2.20. The summed E-state index contributed by atoms with van der Waals surface area (Å²) in [6.45, 7) is 6.88. The molecule has 0 aliphatic carbocycles. The lowest BCUT2D eigenvalue weighted by atomic mass is 10.1. The topological polar surface area (TPSA) is 48.8 Å². The molecule has 1 unspecified atom stereocenters. The van der Waals surface area contributed by atoms with Crippen molar-refractivity contribution in [2.45, 2.75) is 25.9 Å².